The Kier molecular flexibility index (Phi) is 8.77. The third kappa shape index (κ3) is 5.94. The zero-order valence-corrected chi connectivity index (χ0v) is 23.7. The van der Waals surface area contributed by atoms with Crippen molar-refractivity contribution in [2.45, 2.75) is 76.5 Å². The highest BCUT2D eigenvalue weighted by Crippen LogP contribution is 2.37. The Morgan fingerprint density at radius 3 is 2.51 bits per heavy atom. The van der Waals surface area contributed by atoms with Gasteiger partial charge in [-0.15, -0.1) is 0 Å². The lowest BCUT2D eigenvalue weighted by atomic mass is 10.0. The second-order valence-corrected chi connectivity index (χ2v) is 11.7. The number of nitrogens with two attached hydrogens (primary N) is 1. The van der Waals surface area contributed by atoms with Gasteiger partial charge in [0, 0.05) is 24.9 Å². The molecule has 39 heavy (non-hydrogen) atoms. The van der Waals surface area contributed by atoms with Gasteiger partial charge in [-0.05, 0) is 45.0 Å². The van der Waals surface area contributed by atoms with E-state index in [9.17, 15) is 9.59 Å². The molecule has 5 heterocycles. The molecule has 0 radical (unpaired) electrons. The molecule has 5 rings (SSSR count). The maximum Gasteiger partial charge on any atom is 0.410 e. The number of nitrogens with zero attached hydrogens (tertiary/aromatic N) is 6. The van der Waals surface area contributed by atoms with E-state index in [2.05, 4.69) is 19.9 Å². The number of fused-ring (bicyclic) bond motifs is 1. The van der Waals surface area contributed by atoms with Gasteiger partial charge in [0.05, 0.1) is 12.2 Å². The second kappa shape index (κ2) is 12.3. The number of esters is 1. The van der Waals surface area contributed by atoms with Crippen molar-refractivity contribution >= 4 is 40.8 Å². The summed E-state index contributed by atoms with van der Waals surface area (Å²) in [6, 6.07) is 0.515. The lowest BCUT2D eigenvalue weighted by molar-refractivity contribution is -0.162. The van der Waals surface area contributed by atoms with E-state index in [4.69, 9.17) is 19.9 Å². The number of aromatic nitrogens is 4. The monoisotopic (exact) mass is 561 g/mol. The average Bonchev–Trinajstić information content (AvgIpc) is 3.52. The third-order valence-electron chi connectivity index (χ3n) is 7.87. The number of hydrogen-bond acceptors (Lipinski definition) is 11. The van der Waals surface area contributed by atoms with Crippen molar-refractivity contribution in [1.82, 2.24) is 29.3 Å². The van der Waals surface area contributed by atoms with E-state index in [-0.39, 0.29) is 11.7 Å². The van der Waals surface area contributed by atoms with Gasteiger partial charge in [0.2, 0.25) is 0 Å². The fourth-order valence-electron chi connectivity index (χ4n) is 5.71. The van der Waals surface area contributed by atoms with Crippen molar-refractivity contribution in [2.24, 2.45) is 5.92 Å². The van der Waals surface area contributed by atoms with Crippen molar-refractivity contribution in [3.8, 4) is 0 Å². The molecule has 0 saturated carbocycles. The molecule has 2 aromatic rings. The predicted octanol–water partition coefficient (Wildman–Crippen LogP) is 2.69. The van der Waals surface area contributed by atoms with Crippen LogP contribution in [0.4, 0.5) is 10.6 Å². The summed E-state index contributed by atoms with van der Waals surface area (Å²) in [7, 11) is 0. The van der Waals surface area contributed by atoms with Crippen molar-refractivity contribution in [3.63, 3.8) is 0 Å². The van der Waals surface area contributed by atoms with E-state index in [1.807, 2.05) is 6.26 Å². The van der Waals surface area contributed by atoms with Crippen LogP contribution in [0.25, 0.3) is 11.2 Å². The number of nitrogen functional groups attached to an aromatic ring is 1. The molecule has 3 saturated heterocycles. The molecule has 0 aliphatic carbocycles. The van der Waals surface area contributed by atoms with E-state index in [1.54, 1.807) is 41.4 Å². The second-order valence-electron chi connectivity index (χ2n) is 10.8. The number of carbonyl (C=O) groups excluding carboxylic acids is 2. The minimum Gasteiger partial charge on any atom is -0.453 e. The van der Waals surface area contributed by atoms with Crippen LogP contribution in [0, 0.1) is 5.92 Å². The Hall–Kier alpha value is -2.64. The molecule has 2 N–H and O–H groups in total. The van der Waals surface area contributed by atoms with Crippen LogP contribution in [0.3, 0.4) is 0 Å². The van der Waals surface area contributed by atoms with Crippen LogP contribution < -0.4 is 5.73 Å². The topological polar surface area (TPSA) is 138 Å². The van der Waals surface area contributed by atoms with Gasteiger partial charge in [-0.2, -0.15) is 11.8 Å². The molecule has 3 aliphatic rings. The van der Waals surface area contributed by atoms with E-state index in [1.165, 1.54) is 25.6 Å². The third-order valence-corrected chi connectivity index (χ3v) is 8.53. The molecule has 0 bridgehead atoms. The maximum atomic E-state index is 13.4. The summed E-state index contributed by atoms with van der Waals surface area (Å²) >= 11 is 1.57. The van der Waals surface area contributed by atoms with Gasteiger partial charge in [0.1, 0.15) is 17.9 Å². The molecule has 4 atom stereocenters. The van der Waals surface area contributed by atoms with Crippen molar-refractivity contribution < 1.29 is 23.8 Å². The number of carbonyl (C=O) groups is 2. The Bertz CT molecular complexity index is 1150. The Labute approximate surface area is 232 Å². The molecule has 1 amide bonds. The lowest BCUT2D eigenvalue weighted by Crippen LogP contribution is -2.50. The fourth-order valence-corrected chi connectivity index (χ4v) is 6.31. The van der Waals surface area contributed by atoms with Crippen molar-refractivity contribution in [2.75, 3.05) is 43.9 Å². The first-order chi connectivity index (χ1) is 18.9. The molecule has 13 heteroatoms. The summed E-state index contributed by atoms with van der Waals surface area (Å²) in [5.74, 6) is 0.0164. The smallest absolute Gasteiger partial charge is 0.410 e. The summed E-state index contributed by atoms with van der Waals surface area (Å²) < 4.78 is 20.2. The maximum absolute atomic E-state index is 13.4. The molecular formula is C26H39N7O5S. The van der Waals surface area contributed by atoms with Crippen LogP contribution in [0.2, 0.25) is 0 Å². The highest BCUT2D eigenvalue weighted by Gasteiger charge is 2.51. The lowest BCUT2D eigenvalue weighted by Gasteiger charge is -2.40. The first-order valence-corrected chi connectivity index (χ1v) is 15.2. The number of thioether (sulfide) groups is 1. The predicted molar refractivity (Wildman–Crippen MR) is 147 cm³/mol. The van der Waals surface area contributed by atoms with Gasteiger partial charge in [-0.3, -0.25) is 9.36 Å². The summed E-state index contributed by atoms with van der Waals surface area (Å²) in [6.07, 6.45) is 7.14. The Morgan fingerprint density at radius 2 is 1.82 bits per heavy atom. The number of rotatable bonds is 7. The summed E-state index contributed by atoms with van der Waals surface area (Å²) in [5.41, 5.74) is 6.87. The number of hydrogen-bond donors (Lipinski definition) is 1. The number of amides is 1. The number of piperidine rings is 2. The molecular weight excluding hydrogens is 522 g/mol. The highest BCUT2D eigenvalue weighted by atomic mass is 32.2. The molecule has 12 nitrogen and oxygen atoms in total. The van der Waals surface area contributed by atoms with Crippen LogP contribution >= 0.6 is 11.8 Å². The number of likely N-dealkylation sites (tertiary alicyclic amines) is 2. The molecule has 3 aliphatic heterocycles. The minimum atomic E-state index is -0.888. The van der Waals surface area contributed by atoms with Gasteiger partial charge < -0.3 is 29.7 Å². The summed E-state index contributed by atoms with van der Waals surface area (Å²) in [6.45, 7) is 7.11. The first kappa shape index (κ1) is 27.9. The molecule has 0 unspecified atom stereocenters. The van der Waals surface area contributed by atoms with Gasteiger partial charge >= 0.3 is 12.1 Å². The molecule has 214 valence electrons. The fraction of sp³-hybridized carbons (Fsp3) is 0.731. The van der Waals surface area contributed by atoms with E-state index in [0.717, 1.165) is 25.9 Å². The molecule has 3 fully saturated rings. The van der Waals surface area contributed by atoms with Crippen LogP contribution in [0.5, 0.6) is 0 Å². The van der Waals surface area contributed by atoms with Crippen molar-refractivity contribution in [3.05, 3.63) is 12.7 Å². The van der Waals surface area contributed by atoms with Crippen LogP contribution in [0.1, 0.15) is 52.2 Å². The van der Waals surface area contributed by atoms with Crippen molar-refractivity contribution in [1.29, 1.82) is 0 Å². The molecule has 0 aromatic carbocycles. The van der Waals surface area contributed by atoms with Crippen LogP contribution in [-0.2, 0) is 19.0 Å². The summed E-state index contributed by atoms with van der Waals surface area (Å²) in [4.78, 5) is 43.3. The van der Waals surface area contributed by atoms with Crippen LogP contribution in [-0.4, -0.2) is 104 Å². The first-order valence-electron chi connectivity index (χ1n) is 13.8. The Balaban J connectivity index is 1.35. The largest absolute Gasteiger partial charge is 0.453 e. The minimum absolute atomic E-state index is 0.240. The van der Waals surface area contributed by atoms with Gasteiger partial charge in [-0.1, -0.05) is 20.3 Å². The number of imidazole rings is 1. The Morgan fingerprint density at radius 1 is 1.08 bits per heavy atom. The SMILES string of the molecule is CSC[C@H]1O[C@@H](n2cnc3c(N)ncnc32)[C@H](OC(=O)C(C)C)[C@@H]1OC(=O)N1CCC(N2CCCCC2)CC1. The summed E-state index contributed by atoms with van der Waals surface area (Å²) in [5, 5.41) is 0. The van der Waals surface area contributed by atoms with E-state index >= 15 is 0 Å². The standard InChI is InChI=1S/C26H39N7O5S/c1-16(2)25(34)37-21-20(38-26(35)32-11-7-17(8-12-32)31-9-5-4-6-10-31)18(13-39-3)36-24(21)33-15-30-19-22(27)28-14-29-23(19)33/h14-18,20-21,24H,4-13H2,1-3H3,(H2,27,28,29)/t18-,20-,21-,24-/m1/s1. The zero-order chi connectivity index (χ0) is 27.5. The van der Waals surface area contributed by atoms with Gasteiger partial charge in [-0.25, -0.2) is 19.7 Å². The van der Waals surface area contributed by atoms with Crippen LogP contribution in [0.15, 0.2) is 12.7 Å². The molecule has 0 spiro atoms. The zero-order valence-electron chi connectivity index (χ0n) is 22.9. The van der Waals surface area contributed by atoms with Gasteiger partial charge in [0.15, 0.2) is 29.9 Å². The average molecular weight is 562 g/mol. The van der Waals surface area contributed by atoms with E-state index in [0.29, 0.717) is 36.0 Å². The quantitative estimate of drug-likeness (QED) is 0.499. The normalized spacial score (nSPS) is 26.8. The number of ether oxygens (including phenoxy) is 3. The van der Waals surface area contributed by atoms with E-state index < -0.39 is 36.6 Å². The molecule has 2 aromatic heterocycles. The van der Waals surface area contributed by atoms with Gasteiger partial charge in [0.25, 0.3) is 0 Å². The number of anilines is 1. The highest BCUT2D eigenvalue weighted by molar-refractivity contribution is 7.98.